The van der Waals surface area contributed by atoms with Crippen LogP contribution in [0.2, 0.25) is 0 Å². The summed E-state index contributed by atoms with van der Waals surface area (Å²) in [6.07, 6.45) is 0.445. The summed E-state index contributed by atoms with van der Waals surface area (Å²) < 4.78 is 11.9. The minimum absolute atomic E-state index is 0.400. The summed E-state index contributed by atoms with van der Waals surface area (Å²) >= 11 is 0. The lowest BCUT2D eigenvalue weighted by molar-refractivity contribution is -0.142. The Morgan fingerprint density at radius 3 is 2.74 bits per heavy atom. The highest BCUT2D eigenvalue weighted by atomic mass is 16.5. The van der Waals surface area contributed by atoms with Crippen molar-refractivity contribution in [3.8, 4) is 5.75 Å². The van der Waals surface area contributed by atoms with Gasteiger partial charge in [0.15, 0.2) is 0 Å². The van der Waals surface area contributed by atoms with Gasteiger partial charge in [-0.3, -0.25) is 4.79 Å². The Morgan fingerprint density at radius 1 is 1.37 bits per heavy atom. The molecule has 1 atom stereocenters. The molecule has 1 aromatic heterocycles. The van der Waals surface area contributed by atoms with Gasteiger partial charge in [0, 0.05) is 30.1 Å². The number of hydrogen-bond acceptors (Lipinski definition) is 4. The molecule has 0 spiro atoms. The van der Waals surface area contributed by atoms with Crippen molar-refractivity contribution in [3.05, 3.63) is 30.0 Å². The molecule has 0 fully saturated rings. The number of carbonyl (C=O) groups is 1. The molecule has 0 bridgehead atoms. The summed E-state index contributed by atoms with van der Waals surface area (Å²) in [5.41, 5.74) is 7.86. The molecule has 0 aliphatic rings. The van der Waals surface area contributed by atoms with Crippen LogP contribution in [0.5, 0.6) is 5.75 Å². The number of aromatic nitrogens is 1. The van der Waals surface area contributed by atoms with Crippen molar-refractivity contribution in [2.24, 2.45) is 12.8 Å². The van der Waals surface area contributed by atoms with E-state index in [4.69, 9.17) is 10.5 Å². The molecule has 0 aliphatic carbocycles. The largest absolute Gasteiger partial charge is 0.497 e. The van der Waals surface area contributed by atoms with Crippen molar-refractivity contribution in [1.82, 2.24) is 4.57 Å². The number of fused-ring (bicyclic) bond motifs is 1. The normalized spacial score (nSPS) is 12.4. The molecular formula is C14H18N2O3. The lowest BCUT2D eigenvalue weighted by Crippen LogP contribution is -2.34. The molecule has 102 valence electrons. The number of nitrogens with zero attached hydrogens (tertiary/aromatic N) is 1. The first kappa shape index (κ1) is 13.4. The zero-order valence-electron chi connectivity index (χ0n) is 11.3. The van der Waals surface area contributed by atoms with Gasteiger partial charge in [-0.05, 0) is 24.3 Å². The molecule has 2 rings (SSSR count). The number of esters is 1. The average molecular weight is 262 g/mol. The van der Waals surface area contributed by atoms with Gasteiger partial charge in [-0.25, -0.2) is 0 Å². The molecule has 0 saturated carbocycles. The van der Waals surface area contributed by atoms with E-state index in [0.29, 0.717) is 6.42 Å². The molecule has 19 heavy (non-hydrogen) atoms. The molecule has 2 aromatic rings. The van der Waals surface area contributed by atoms with E-state index in [1.165, 1.54) is 7.11 Å². The van der Waals surface area contributed by atoms with Gasteiger partial charge in [0.25, 0.3) is 0 Å². The van der Waals surface area contributed by atoms with Crippen LogP contribution in [0, 0.1) is 0 Å². The number of carbonyl (C=O) groups excluding carboxylic acids is 1. The van der Waals surface area contributed by atoms with Gasteiger partial charge in [-0.15, -0.1) is 0 Å². The van der Waals surface area contributed by atoms with Crippen LogP contribution in [0.15, 0.2) is 24.3 Å². The van der Waals surface area contributed by atoms with E-state index in [0.717, 1.165) is 22.3 Å². The fraction of sp³-hybridized carbons (Fsp3) is 0.357. The first-order valence-electron chi connectivity index (χ1n) is 6.02. The lowest BCUT2D eigenvalue weighted by Gasteiger charge is -2.10. The minimum Gasteiger partial charge on any atom is -0.497 e. The SMILES string of the molecule is COC(=O)C(N)Cc1cc2cc(OC)ccc2n1C. The second kappa shape index (κ2) is 5.32. The van der Waals surface area contributed by atoms with Crippen molar-refractivity contribution in [1.29, 1.82) is 0 Å². The highest BCUT2D eigenvalue weighted by Gasteiger charge is 2.17. The smallest absolute Gasteiger partial charge is 0.323 e. The van der Waals surface area contributed by atoms with E-state index in [9.17, 15) is 4.79 Å². The van der Waals surface area contributed by atoms with Crippen LogP contribution in [0.25, 0.3) is 10.9 Å². The van der Waals surface area contributed by atoms with Crippen molar-refractivity contribution >= 4 is 16.9 Å². The predicted molar refractivity (Wildman–Crippen MR) is 73.2 cm³/mol. The fourth-order valence-electron chi connectivity index (χ4n) is 2.17. The highest BCUT2D eigenvalue weighted by molar-refractivity contribution is 5.83. The quantitative estimate of drug-likeness (QED) is 0.842. The maximum Gasteiger partial charge on any atom is 0.323 e. The number of benzene rings is 1. The Labute approximate surface area is 111 Å². The zero-order valence-corrected chi connectivity index (χ0v) is 11.3. The van der Waals surface area contributed by atoms with Crippen LogP contribution in [0.3, 0.4) is 0 Å². The predicted octanol–water partition coefficient (Wildman–Crippen LogP) is 1.23. The molecule has 5 heteroatoms. The summed E-state index contributed by atoms with van der Waals surface area (Å²) in [5.74, 6) is 0.407. The second-order valence-electron chi connectivity index (χ2n) is 4.45. The van der Waals surface area contributed by atoms with Gasteiger partial charge < -0.3 is 19.8 Å². The van der Waals surface area contributed by atoms with Crippen molar-refractivity contribution < 1.29 is 14.3 Å². The zero-order chi connectivity index (χ0) is 14.0. The Kier molecular flexibility index (Phi) is 3.76. The van der Waals surface area contributed by atoms with E-state index in [-0.39, 0.29) is 0 Å². The van der Waals surface area contributed by atoms with Gasteiger partial charge in [0.1, 0.15) is 11.8 Å². The Hall–Kier alpha value is -2.01. The minimum atomic E-state index is -0.644. The van der Waals surface area contributed by atoms with Crippen LogP contribution >= 0.6 is 0 Å². The molecule has 2 N–H and O–H groups in total. The lowest BCUT2D eigenvalue weighted by atomic mass is 10.1. The van der Waals surface area contributed by atoms with Crippen molar-refractivity contribution in [2.45, 2.75) is 12.5 Å². The summed E-state index contributed by atoms with van der Waals surface area (Å²) in [6, 6.07) is 7.23. The molecule has 1 aromatic carbocycles. The maximum absolute atomic E-state index is 11.4. The standard InChI is InChI=1S/C14H18N2O3/c1-16-10(8-12(15)14(17)19-3)6-9-7-11(18-2)4-5-13(9)16/h4-7,12H,8,15H2,1-3H3. The van der Waals surface area contributed by atoms with Gasteiger partial charge >= 0.3 is 5.97 Å². The number of aryl methyl sites for hydroxylation is 1. The number of ether oxygens (including phenoxy) is 2. The monoisotopic (exact) mass is 262 g/mol. The van der Waals surface area contributed by atoms with Gasteiger partial charge in [-0.1, -0.05) is 0 Å². The molecule has 0 radical (unpaired) electrons. The number of hydrogen-bond donors (Lipinski definition) is 1. The summed E-state index contributed by atoms with van der Waals surface area (Å²) in [5, 5.41) is 1.06. The average Bonchev–Trinajstić information content (AvgIpc) is 2.73. The van der Waals surface area contributed by atoms with Crippen LogP contribution in [0.4, 0.5) is 0 Å². The molecule has 0 amide bonds. The van der Waals surface area contributed by atoms with Gasteiger partial charge in [-0.2, -0.15) is 0 Å². The third-order valence-corrected chi connectivity index (χ3v) is 3.28. The van der Waals surface area contributed by atoms with E-state index < -0.39 is 12.0 Å². The fourth-order valence-corrected chi connectivity index (χ4v) is 2.17. The summed E-state index contributed by atoms with van der Waals surface area (Å²) in [4.78, 5) is 11.4. The van der Waals surface area contributed by atoms with Gasteiger partial charge in [0.05, 0.1) is 14.2 Å². The molecule has 0 aliphatic heterocycles. The van der Waals surface area contributed by atoms with E-state index in [1.54, 1.807) is 7.11 Å². The van der Waals surface area contributed by atoms with E-state index >= 15 is 0 Å². The number of methoxy groups -OCH3 is 2. The number of rotatable bonds is 4. The van der Waals surface area contributed by atoms with E-state index in [1.807, 2.05) is 35.9 Å². The summed E-state index contributed by atoms with van der Waals surface area (Å²) in [7, 11) is 4.93. The first-order valence-corrected chi connectivity index (χ1v) is 6.02. The Morgan fingerprint density at radius 2 is 2.11 bits per heavy atom. The first-order chi connectivity index (χ1) is 9.06. The molecular weight excluding hydrogens is 244 g/mol. The topological polar surface area (TPSA) is 66.5 Å². The van der Waals surface area contributed by atoms with Gasteiger partial charge in [0.2, 0.25) is 0 Å². The third kappa shape index (κ3) is 2.56. The second-order valence-corrected chi connectivity index (χ2v) is 4.45. The van der Waals surface area contributed by atoms with Crippen LogP contribution in [-0.2, 0) is 23.0 Å². The highest BCUT2D eigenvalue weighted by Crippen LogP contribution is 2.24. The maximum atomic E-state index is 11.4. The Bertz CT molecular complexity index is 604. The van der Waals surface area contributed by atoms with Crippen molar-refractivity contribution in [3.63, 3.8) is 0 Å². The van der Waals surface area contributed by atoms with Crippen LogP contribution < -0.4 is 10.5 Å². The molecule has 5 nitrogen and oxygen atoms in total. The Balaban J connectivity index is 2.34. The van der Waals surface area contributed by atoms with Crippen LogP contribution in [0.1, 0.15) is 5.69 Å². The molecule has 1 unspecified atom stereocenters. The van der Waals surface area contributed by atoms with E-state index in [2.05, 4.69) is 4.74 Å². The van der Waals surface area contributed by atoms with Crippen LogP contribution in [-0.4, -0.2) is 30.8 Å². The molecule has 0 saturated heterocycles. The summed E-state index contributed by atoms with van der Waals surface area (Å²) in [6.45, 7) is 0. The van der Waals surface area contributed by atoms with Crippen molar-refractivity contribution in [2.75, 3.05) is 14.2 Å². The number of nitrogens with two attached hydrogens (primary N) is 1. The molecule has 1 heterocycles. The third-order valence-electron chi connectivity index (χ3n) is 3.28.